The number of piperidine rings is 1. The van der Waals surface area contributed by atoms with E-state index in [9.17, 15) is 10.1 Å². The zero-order chi connectivity index (χ0) is 15.5. The predicted octanol–water partition coefficient (Wildman–Crippen LogP) is 1.84. The molecule has 3 rings (SSSR count). The van der Waals surface area contributed by atoms with Gasteiger partial charge in [0.05, 0.1) is 11.1 Å². The van der Waals surface area contributed by atoms with Crippen LogP contribution in [0.5, 0.6) is 0 Å². The number of aromatic nitrogens is 2. The Morgan fingerprint density at radius 1 is 1.41 bits per heavy atom. The van der Waals surface area contributed by atoms with Gasteiger partial charge in [-0.2, -0.15) is 5.10 Å². The van der Waals surface area contributed by atoms with Crippen molar-refractivity contribution in [1.29, 1.82) is 0 Å². The van der Waals surface area contributed by atoms with Crippen molar-refractivity contribution in [2.24, 2.45) is 5.73 Å². The van der Waals surface area contributed by atoms with Crippen molar-refractivity contribution in [2.45, 2.75) is 25.3 Å². The van der Waals surface area contributed by atoms with Gasteiger partial charge in [-0.05, 0) is 18.4 Å². The lowest BCUT2D eigenvalue weighted by atomic mass is 10.0. The number of nitrogens with zero attached hydrogens (tertiary/aromatic N) is 3. The third-order valence-electron chi connectivity index (χ3n) is 4.01. The number of H-pyrrole nitrogens is 1. The van der Waals surface area contributed by atoms with Crippen molar-refractivity contribution >= 4 is 11.5 Å². The molecule has 2 aromatic rings. The largest absolute Gasteiger partial charge is 0.355 e. The lowest BCUT2D eigenvalue weighted by molar-refractivity contribution is -0.384. The minimum absolute atomic E-state index is 0.109. The number of hydrogen-bond acceptors (Lipinski definition) is 5. The number of hydrogen-bond donors (Lipinski definition) is 2. The second-order valence-electron chi connectivity index (χ2n) is 5.69. The molecule has 1 fully saturated rings. The highest BCUT2D eigenvalue weighted by Crippen LogP contribution is 2.24. The molecular formula is C15H19N5O2. The van der Waals surface area contributed by atoms with Gasteiger partial charge in [0.2, 0.25) is 0 Å². The maximum atomic E-state index is 10.7. The highest BCUT2D eigenvalue weighted by Gasteiger charge is 2.20. The van der Waals surface area contributed by atoms with E-state index in [1.807, 2.05) is 6.20 Å². The number of nitro groups is 1. The van der Waals surface area contributed by atoms with E-state index in [4.69, 9.17) is 5.73 Å². The van der Waals surface area contributed by atoms with E-state index >= 15 is 0 Å². The van der Waals surface area contributed by atoms with Crippen LogP contribution in [-0.2, 0) is 6.42 Å². The van der Waals surface area contributed by atoms with Crippen LogP contribution in [0.2, 0.25) is 0 Å². The molecule has 3 N–H and O–H groups in total. The van der Waals surface area contributed by atoms with Gasteiger partial charge in [-0.25, -0.2) is 0 Å². The first-order valence-electron chi connectivity index (χ1n) is 7.39. The molecule has 1 aromatic heterocycles. The molecule has 1 aromatic carbocycles. The maximum Gasteiger partial charge on any atom is 0.269 e. The lowest BCUT2D eigenvalue weighted by Crippen LogP contribution is -2.43. The minimum atomic E-state index is -0.387. The molecule has 7 nitrogen and oxygen atoms in total. The summed E-state index contributed by atoms with van der Waals surface area (Å²) in [6.45, 7) is 1.80. The van der Waals surface area contributed by atoms with E-state index in [2.05, 4.69) is 15.1 Å². The fraction of sp³-hybridized carbons (Fsp3) is 0.400. The van der Waals surface area contributed by atoms with E-state index in [-0.39, 0.29) is 16.7 Å². The molecule has 0 aliphatic carbocycles. The van der Waals surface area contributed by atoms with Gasteiger partial charge in [0, 0.05) is 43.2 Å². The summed E-state index contributed by atoms with van der Waals surface area (Å²) in [7, 11) is 0. The molecule has 0 bridgehead atoms. The van der Waals surface area contributed by atoms with Crippen molar-refractivity contribution < 1.29 is 4.92 Å². The molecule has 1 aliphatic rings. The second kappa shape index (κ2) is 6.15. The Labute approximate surface area is 128 Å². The SMILES string of the molecule is N[C@@H]1CCCN(c2[nH]ncc2Cc2ccc([N+](=O)[O-])cc2)C1. The molecular weight excluding hydrogens is 282 g/mol. The number of rotatable bonds is 4. The molecule has 7 heteroatoms. The standard InChI is InChI=1S/C15H19N5O2/c16-13-2-1-7-19(10-13)15-12(9-17-18-15)8-11-3-5-14(6-4-11)20(21)22/h3-6,9,13H,1-2,7-8,10,16H2,(H,17,18)/t13-/m1/s1. The smallest absolute Gasteiger partial charge is 0.269 e. The van der Waals surface area contributed by atoms with Crippen molar-refractivity contribution in [3.05, 3.63) is 51.7 Å². The Balaban J connectivity index is 1.75. The average Bonchev–Trinajstić information content (AvgIpc) is 2.96. The van der Waals surface area contributed by atoms with Gasteiger partial charge in [0.15, 0.2) is 0 Å². The highest BCUT2D eigenvalue weighted by atomic mass is 16.6. The zero-order valence-electron chi connectivity index (χ0n) is 12.2. The summed E-state index contributed by atoms with van der Waals surface area (Å²) in [5.74, 6) is 1.01. The summed E-state index contributed by atoms with van der Waals surface area (Å²) in [4.78, 5) is 12.5. The number of nitro benzene ring substituents is 1. The number of aromatic amines is 1. The highest BCUT2D eigenvalue weighted by molar-refractivity contribution is 5.49. The van der Waals surface area contributed by atoms with Crippen LogP contribution in [0.4, 0.5) is 11.5 Å². The second-order valence-corrected chi connectivity index (χ2v) is 5.69. The number of benzene rings is 1. The fourth-order valence-electron chi connectivity index (χ4n) is 2.88. The number of nitrogens with two attached hydrogens (primary N) is 1. The Morgan fingerprint density at radius 3 is 2.86 bits per heavy atom. The van der Waals surface area contributed by atoms with Crippen molar-refractivity contribution in [3.63, 3.8) is 0 Å². The van der Waals surface area contributed by atoms with Gasteiger partial charge in [0.1, 0.15) is 5.82 Å². The monoisotopic (exact) mass is 301 g/mol. The molecule has 1 saturated heterocycles. The minimum Gasteiger partial charge on any atom is -0.355 e. The normalized spacial score (nSPS) is 18.4. The topological polar surface area (TPSA) is 101 Å². The van der Waals surface area contributed by atoms with Crippen LogP contribution in [-0.4, -0.2) is 34.3 Å². The Morgan fingerprint density at radius 2 is 2.18 bits per heavy atom. The Kier molecular flexibility index (Phi) is 4.06. The van der Waals surface area contributed by atoms with E-state index in [0.717, 1.165) is 42.9 Å². The van der Waals surface area contributed by atoms with E-state index in [1.165, 1.54) is 12.1 Å². The van der Waals surface area contributed by atoms with Gasteiger partial charge >= 0.3 is 0 Å². The number of nitrogens with one attached hydrogen (secondary N) is 1. The third kappa shape index (κ3) is 3.09. The molecule has 0 amide bonds. The third-order valence-corrected chi connectivity index (χ3v) is 4.01. The van der Waals surface area contributed by atoms with Gasteiger partial charge in [0.25, 0.3) is 5.69 Å². The van der Waals surface area contributed by atoms with Crippen LogP contribution in [0.25, 0.3) is 0 Å². The maximum absolute atomic E-state index is 10.7. The zero-order valence-corrected chi connectivity index (χ0v) is 12.2. The van der Waals surface area contributed by atoms with Crippen LogP contribution in [0.15, 0.2) is 30.5 Å². The van der Waals surface area contributed by atoms with E-state index in [0.29, 0.717) is 6.42 Å². The van der Waals surface area contributed by atoms with Crippen molar-refractivity contribution in [1.82, 2.24) is 10.2 Å². The summed E-state index contributed by atoms with van der Waals surface area (Å²) in [6, 6.07) is 6.84. The number of non-ortho nitro benzene ring substituents is 1. The first kappa shape index (κ1) is 14.5. The average molecular weight is 301 g/mol. The van der Waals surface area contributed by atoms with Crippen molar-refractivity contribution in [3.8, 4) is 0 Å². The van der Waals surface area contributed by atoms with Gasteiger partial charge in [-0.1, -0.05) is 12.1 Å². The molecule has 22 heavy (non-hydrogen) atoms. The molecule has 0 spiro atoms. The first-order chi connectivity index (χ1) is 10.6. The van der Waals surface area contributed by atoms with Gasteiger partial charge < -0.3 is 10.6 Å². The van der Waals surface area contributed by atoms with Crippen LogP contribution in [0.1, 0.15) is 24.0 Å². The number of anilines is 1. The summed E-state index contributed by atoms with van der Waals surface area (Å²) in [5, 5.41) is 17.9. The van der Waals surface area contributed by atoms with Gasteiger partial charge in [-0.15, -0.1) is 0 Å². The molecule has 0 unspecified atom stereocenters. The van der Waals surface area contributed by atoms with Crippen LogP contribution in [0, 0.1) is 10.1 Å². The molecule has 116 valence electrons. The quantitative estimate of drug-likeness (QED) is 0.662. The van der Waals surface area contributed by atoms with Crippen LogP contribution < -0.4 is 10.6 Å². The van der Waals surface area contributed by atoms with E-state index < -0.39 is 0 Å². The molecule has 0 saturated carbocycles. The first-order valence-corrected chi connectivity index (χ1v) is 7.39. The van der Waals surface area contributed by atoms with Crippen LogP contribution >= 0.6 is 0 Å². The lowest BCUT2D eigenvalue weighted by Gasteiger charge is -2.32. The Hall–Kier alpha value is -2.41. The van der Waals surface area contributed by atoms with Crippen molar-refractivity contribution in [2.75, 3.05) is 18.0 Å². The van der Waals surface area contributed by atoms with Crippen LogP contribution in [0.3, 0.4) is 0 Å². The predicted molar refractivity (Wildman–Crippen MR) is 83.9 cm³/mol. The summed E-state index contributed by atoms with van der Waals surface area (Å²) in [5.41, 5.74) is 8.26. The fourth-order valence-corrected chi connectivity index (χ4v) is 2.88. The van der Waals surface area contributed by atoms with E-state index in [1.54, 1.807) is 12.1 Å². The summed E-state index contributed by atoms with van der Waals surface area (Å²) in [6.07, 6.45) is 4.64. The van der Waals surface area contributed by atoms with Gasteiger partial charge in [-0.3, -0.25) is 15.2 Å². The molecule has 2 heterocycles. The molecule has 0 radical (unpaired) electrons. The summed E-state index contributed by atoms with van der Waals surface area (Å²) < 4.78 is 0. The Bertz CT molecular complexity index is 652. The summed E-state index contributed by atoms with van der Waals surface area (Å²) >= 11 is 0. The molecule has 1 atom stereocenters. The molecule has 1 aliphatic heterocycles.